The molecule has 0 unspecified atom stereocenters. The van der Waals surface area contributed by atoms with Gasteiger partial charge in [-0.25, -0.2) is 9.97 Å². The fourth-order valence-corrected chi connectivity index (χ4v) is 3.89. The maximum Gasteiger partial charge on any atom is 0.417 e. The van der Waals surface area contributed by atoms with Crippen molar-refractivity contribution in [3.8, 4) is 10.6 Å². The highest BCUT2D eigenvalue weighted by atomic mass is 32.2. The van der Waals surface area contributed by atoms with Crippen molar-refractivity contribution >= 4 is 33.4 Å². The minimum Gasteiger partial charge on any atom is -0.235 e. The van der Waals surface area contributed by atoms with Gasteiger partial charge >= 0.3 is 6.18 Å². The van der Waals surface area contributed by atoms with Crippen LogP contribution in [-0.2, 0) is 6.18 Å². The highest BCUT2D eigenvalue weighted by Gasteiger charge is 2.31. The number of aromatic nitrogens is 2. The zero-order valence-corrected chi connectivity index (χ0v) is 13.1. The molecule has 0 spiro atoms. The van der Waals surface area contributed by atoms with Gasteiger partial charge < -0.3 is 0 Å². The van der Waals surface area contributed by atoms with Crippen LogP contribution < -0.4 is 0 Å². The number of alkyl halides is 3. The van der Waals surface area contributed by atoms with Crippen LogP contribution in [0.25, 0.3) is 20.9 Å². The molecule has 0 radical (unpaired) electrons. The summed E-state index contributed by atoms with van der Waals surface area (Å²) in [4.78, 5) is 9.29. The molecule has 2 aromatic heterocycles. The fraction of sp³-hybridized carbons (Fsp3) is 0.200. The van der Waals surface area contributed by atoms with Crippen LogP contribution >= 0.6 is 23.1 Å². The Morgan fingerprint density at radius 1 is 1.23 bits per heavy atom. The average molecular weight is 340 g/mol. The molecule has 0 amide bonds. The van der Waals surface area contributed by atoms with Crippen molar-refractivity contribution in [3.05, 3.63) is 42.1 Å². The largest absolute Gasteiger partial charge is 0.417 e. The van der Waals surface area contributed by atoms with Crippen LogP contribution in [0.5, 0.6) is 0 Å². The molecule has 0 aliphatic rings. The summed E-state index contributed by atoms with van der Waals surface area (Å²) in [6.07, 6.45) is -3.56. The molecular weight excluding hydrogens is 329 g/mol. The van der Waals surface area contributed by atoms with E-state index in [1.54, 1.807) is 11.8 Å². The van der Waals surface area contributed by atoms with Crippen molar-refractivity contribution in [2.45, 2.75) is 18.0 Å². The van der Waals surface area contributed by atoms with Gasteiger partial charge in [0, 0.05) is 16.7 Å². The molecule has 0 saturated carbocycles. The zero-order chi connectivity index (χ0) is 15.7. The molecule has 2 nitrogen and oxygen atoms in total. The Bertz CT molecular complexity index is 812. The molecule has 3 aromatic rings. The van der Waals surface area contributed by atoms with Crippen molar-refractivity contribution in [1.82, 2.24) is 9.97 Å². The van der Waals surface area contributed by atoms with Crippen LogP contribution in [0.1, 0.15) is 12.5 Å². The standard InChI is InChI=1S/C15H11F3N2S2/c1-2-21-11-6-4-3-5-10(11)14-20-13-12(22-14)7-9(8-19-13)15(16,17)18/h3-8H,2H2,1H3. The van der Waals surface area contributed by atoms with Crippen LogP contribution in [0.15, 0.2) is 41.4 Å². The third-order valence-corrected chi connectivity index (χ3v) is 4.97. The van der Waals surface area contributed by atoms with Gasteiger partial charge in [0.1, 0.15) is 5.01 Å². The second-order valence-electron chi connectivity index (χ2n) is 4.49. The van der Waals surface area contributed by atoms with Gasteiger partial charge in [0.2, 0.25) is 0 Å². The Morgan fingerprint density at radius 2 is 2.00 bits per heavy atom. The van der Waals surface area contributed by atoms with E-state index in [0.29, 0.717) is 15.4 Å². The van der Waals surface area contributed by atoms with E-state index >= 15 is 0 Å². The lowest BCUT2D eigenvalue weighted by molar-refractivity contribution is -0.137. The van der Waals surface area contributed by atoms with Crippen LogP contribution in [0, 0.1) is 0 Å². The highest BCUT2D eigenvalue weighted by molar-refractivity contribution is 7.99. The van der Waals surface area contributed by atoms with Crippen LogP contribution in [-0.4, -0.2) is 15.7 Å². The summed E-state index contributed by atoms with van der Waals surface area (Å²) < 4.78 is 38.7. The second kappa shape index (κ2) is 5.89. The summed E-state index contributed by atoms with van der Waals surface area (Å²) in [6, 6.07) is 8.87. The minimum absolute atomic E-state index is 0.351. The van der Waals surface area contributed by atoms with Crippen molar-refractivity contribution in [2.24, 2.45) is 0 Å². The second-order valence-corrected chi connectivity index (χ2v) is 6.83. The van der Waals surface area contributed by atoms with E-state index in [4.69, 9.17) is 0 Å². The number of thiazole rings is 1. The van der Waals surface area contributed by atoms with Crippen molar-refractivity contribution in [1.29, 1.82) is 0 Å². The average Bonchev–Trinajstić information content (AvgIpc) is 2.90. The molecule has 22 heavy (non-hydrogen) atoms. The predicted octanol–water partition coefficient (Wildman–Crippen LogP) is 5.49. The number of pyridine rings is 1. The van der Waals surface area contributed by atoms with Crippen molar-refractivity contribution < 1.29 is 13.2 Å². The molecule has 0 bridgehead atoms. The molecular formula is C15H11F3N2S2. The van der Waals surface area contributed by atoms with Gasteiger partial charge in [-0.05, 0) is 17.9 Å². The van der Waals surface area contributed by atoms with Crippen LogP contribution in [0.3, 0.4) is 0 Å². The Kier molecular flexibility index (Phi) is 4.10. The third kappa shape index (κ3) is 2.96. The summed E-state index contributed by atoms with van der Waals surface area (Å²) in [5, 5.41) is 0.693. The maximum absolute atomic E-state index is 12.8. The quantitative estimate of drug-likeness (QED) is 0.590. The molecule has 1 aromatic carbocycles. The number of nitrogens with zero attached hydrogens (tertiary/aromatic N) is 2. The number of fused-ring (bicyclic) bond motifs is 1. The van der Waals surface area contributed by atoms with Gasteiger partial charge in [-0.1, -0.05) is 25.1 Å². The maximum atomic E-state index is 12.8. The molecule has 0 N–H and O–H groups in total. The smallest absolute Gasteiger partial charge is 0.235 e. The lowest BCUT2D eigenvalue weighted by Gasteiger charge is -2.04. The molecule has 0 aliphatic carbocycles. The molecule has 0 fully saturated rings. The normalized spacial score (nSPS) is 12.0. The van der Waals surface area contributed by atoms with E-state index in [1.165, 1.54) is 11.3 Å². The van der Waals surface area contributed by atoms with E-state index in [-0.39, 0.29) is 0 Å². The van der Waals surface area contributed by atoms with Gasteiger partial charge in [-0.3, -0.25) is 0 Å². The van der Waals surface area contributed by atoms with Gasteiger partial charge in [0.05, 0.1) is 10.3 Å². The molecule has 2 heterocycles. The Hall–Kier alpha value is -1.60. The molecule has 3 rings (SSSR count). The molecule has 0 aliphatic heterocycles. The van der Waals surface area contributed by atoms with Gasteiger partial charge in [-0.15, -0.1) is 23.1 Å². The molecule has 0 saturated heterocycles. The summed E-state index contributed by atoms with van der Waals surface area (Å²) in [6.45, 7) is 2.05. The Labute approximate surface area is 133 Å². The minimum atomic E-state index is -4.39. The van der Waals surface area contributed by atoms with Crippen molar-refractivity contribution in [2.75, 3.05) is 5.75 Å². The van der Waals surface area contributed by atoms with Gasteiger partial charge in [-0.2, -0.15) is 13.2 Å². The molecule has 7 heteroatoms. The van der Waals surface area contributed by atoms with E-state index in [0.717, 1.165) is 28.5 Å². The number of hydrogen-bond donors (Lipinski definition) is 0. The first-order valence-corrected chi connectivity index (χ1v) is 8.35. The van der Waals surface area contributed by atoms with E-state index in [2.05, 4.69) is 16.9 Å². The highest BCUT2D eigenvalue weighted by Crippen LogP contribution is 2.37. The monoisotopic (exact) mass is 340 g/mol. The first-order valence-electron chi connectivity index (χ1n) is 6.55. The molecule has 114 valence electrons. The van der Waals surface area contributed by atoms with E-state index < -0.39 is 11.7 Å². The Morgan fingerprint density at radius 3 is 2.73 bits per heavy atom. The molecule has 0 atom stereocenters. The first-order chi connectivity index (χ1) is 10.5. The third-order valence-electron chi connectivity index (χ3n) is 2.99. The Balaban J connectivity index is 2.09. The lowest BCUT2D eigenvalue weighted by Crippen LogP contribution is -2.04. The number of benzene rings is 1. The van der Waals surface area contributed by atoms with Gasteiger partial charge in [0.25, 0.3) is 0 Å². The number of thioether (sulfide) groups is 1. The number of halogens is 3. The van der Waals surface area contributed by atoms with Crippen LogP contribution in [0.4, 0.5) is 13.2 Å². The lowest BCUT2D eigenvalue weighted by atomic mass is 10.2. The SMILES string of the molecule is CCSc1ccccc1-c1nc2ncc(C(F)(F)F)cc2s1. The zero-order valence-electron chi connectivity index (χ0n) is 11.5. The summed E-state index contributed by atoms with van der Waals surface area (Å²) in [5.41, 5.74) is 0.543. The number of hydrogen-bond acceptors (Lipinski definition) is 4. The number of rotatable bonds is 3. The topological polar surface area (TPSA) is 25.8 Å². The first kappa shape index (κ1) is 15.3. The predicted molar refractivity (Wildman–Crippen MR) is 84.3 cm³/mol. The van der Waals surface area contributed by atoms with E-state index in [9.17, 15) is 13.2 Å². The summed E-state index contributed by atoms with van der Waals surface area (Å²) >= 11 is 2.91. The van der Waals surface area contributed by atoms with Gasteiger partial charge in [0.15, 0.2) is 5.65 Å². The van der Waals surface area contributed by atoms with Crippen LogP contribution in [0.2, 0.25) is 0 Å². The fourth-order valence-electron chi connectivity index (χ4n) is 2.01. The summed E-state index contributed by atoms with van der Waals surface area (Å²) in [7, 11) is 0. The summed E-state index contributed by atoms with van der Waals surface area (Å²) in [5.74, 6) is 0.915. The van der Waals surface area contributed by atoms with E-state index in [1.807, 2.05) is 24.3 Å². The van der Waals surface area contributed by atoms with Crippen molar-refractivity contribution in [3.63, 3.8) is 0 Å².